The van der Waals surface area contributed by atoms with E-state index in [0.29, 0.717) is 6.42 Å². The molecule has 5 nitrogen and oxygen atoms in total. The molecule has 1 atom stereocenters. The van der Waals surface area contributed by atoms with E-state index in [2.05, 4.69) is 42.7 Å². The number of benzene rings is 1. The molecule has 5 heteroatoms. The van der Waals surface area contributed by atoms with Crippen LogP contribution in [0, 0.1) is 6.92 Å². The summed E-state index contributed by atoms with van der Waals surface area (Å²) in [5.41, 5.74) is 6.56. The monoisotopic (exact) mass is 352 g/mol. The Bertz CT molecular complexity index is 774. The minimum atomic E-state index is -0.206. The van der Waals surface area contributed by atoms with E-state index >= 15 is 0 Å². The summed E-state index contributed by atoms with van der Waals surface area (Å²) in [7, 11) is 0. The zero-order chi connectivity index (χ0) is 17.9. The van der Waals surface area contributed by atoms with Crippen molar-refractivity contribution in [2.24, 2.45) is 0 Å². The molecule has 1 fully saturated rings. The number of aryl methyl sites for hydroxylation is 1. The Morgan fingerprint density at radius 3 is 2.69 bits per heavy atom. The highest BCUT2D eigenvalue weighted by Gasteiger charge is 2.33. The van der Waals surface area contributed by atoms with Crippen LogP contribution >= 0.6 is 0 Å². The Morgan fingerprint density at radius 2 is 2.00 bits per heavy atom. The number of nitrogens with zero attached hydrogens (tertiary/aromatic N) is 1. The number of quaternary nitrogens is 1. The average molecular weight is 352 g/mol. The molecule has 2 aliphatic heterocycles. The van der Waals surface area contributed by atoms with Crippen LogP contribution in [0.2, 0.25) is 0 Å². The van der Waals surface area contributed by atoms with Gasteiger partial charge in [-0.15, -0.1) is 0 Å². The lowest BCUT2D eigenvalue weighted by atomic mass is 10.1. The lowest BCUT2D eigenvalue weighted by molar-refractivity contribution is -0.886. The van der Waals surface area contributed by atoms with Crippen molar-refractivity contribution in [1.82, 2.24) is 10.4 Å². The number of carbonyl (C=O) groups excluding carboxylic acids is 1. The second-order valence-corrected chi connectivity index (χ2v) is 7.24. The minimum absolute atomic E-state index is 0.115. The van der Waals surface area contributed by atoms with Crippen LogP contribution in [-0.2, 0) is 4.79 Å². The van der Waals surface area contributed by atoms with Gasteiger partial charge >= 0.3 is 0 Å². The Morgan fingerprint density at radius 1 is 1.23 bits per heavy atom. The SMILES string of the molecule is Cc1ccc(C2=C[C@H](c3ccco3)N(C(=O)CC[NH+]3CCCC3)N2)cc1. The zero-order valence-corrected chi connectivity index (χ0v) is 15.2. The smallest absolute Gasteiger partial charge is 0.247 e. The van der Waals surface area contributed by atoms with E-state index in [1.807, 2.05) is 12.1 Å². The van der Waals surface area contributed by atoms with Crippen molar-refractivity contribution in [3.8, 4) is 0 Å². The van der Waals surface area contributed by atoms with Crippen LogP contribution in [0.4, 0.5) is 0 Å². The molecule has 2 aromatic rings. The second kappa shape index (κ2) is 7.38. The lowest BCUT2D eigenvalue weighted by Crippen LogP contribution is -3.10. The van der Waals surface area contributed by atoms with Gasteiger partial charge in [0.15, 0.2) is 0 Å². The van der Waals surface area contributed by atoms with E-state index in [1.54, 1.807) is 16.2 Å². The highest BCUT2D eigenvalue weighted by Crippen LogP contribution is 2.31. The van der Waals surface area contributed by atoms with Gasteiger partial charge in [-0.3, -0.25) is 10.2 Å². The van der Waals surface area contributed by atoms with Crippen LogP contribution in [0.25, 0.3) is 5.70 Å². The van der Waals surface area contributed by atoms with Gasteiger partial charge in [-0.05, 0) is 30.7 Å². The van der Waals surface area contributed by atoms with Gasteiger partial charge in [-0.2, -0.15) is 0 Å². The molecule has 0 saturated carbocycles. The standard InChI is InChI=1S/C21H25N3O2/c1-16-6-8-17(9-7-16)18-15-19(20-5-4-14-26-20)24(22-18)21(25)10-13-23-11-2-3-12-23/h4-9,14-15,19,22H,2-3,10-13H2,1H3/p+1/t19-/m1/s1. The van der Waals surface area contributed by atoms with E-state index in [1.165, 1.54) is 31.5 Å². The normalized spacial score (nSPS) is 20.3. The molecular weight excluding hydrogens is 326 g/mol. The zero-order valence-electron chi connectivity index (χ0n) is 15.2. The quantitative estimate of drug-likeness (QED) is 0.866. The van der Waals surface area contributed by atoms with E-state index < -0.39 is 0 Å². The van der Waals surface area contributed by atoms with Crippen LogP contribution in [0.1, 0.15) is 42.2 Å². The fourth-order valence-corrected chi connectivity index (χ4v) is 3.78. The van der Waals surface area contributed by atoms with E-state index in [0.717, 1.165) is 23.6 Å². The molecule has 136 valence electrons. The summed E-state index contributed by atoms with van der Waals surface area (Å²) in [4.78, 5) is 14.5. The molecule has 0 bridgehead atoms. The van der Waals surface area contributed by atoms with Crippen molar-refractivity contribution in [3.63, 3.8) is 0 Å². The maximum atomic E-state index is 12.9. The Kier molecular flexibility index (Phi) is 4.80. The van der Waals surface area contributed by atoms with Crippen LogP contribution in [0.3, 0.4) is 0 Å². The number of likely N-dealkylation sites (tertiary alicyclic amines) is 1. The number of hydrogen-bond acceptors (Lipinski definition) is 3. The van der Waals surface area contributed by atoms with Crippen LogP contribution < -0.4 is 10.3 Å². The van der Waals surface area contributed by atoms with Crippen LogP contribution in [-0.4, -0.2) is 30.6 Å². The average Bonchev–Trinajstić information content (AvgIpc) is 3.41. The third-order valence-electron chi connectivity index (χ3n) is 5.31. The molecule has 1 aromatic carbocycles. The van der Waals surface area contributed by atoms with Crippen molar-refractivity contribution >= 4 is 11.6 Å². The molecule has 0 aliphatic carbocycles. The largest absolute Gasteiger partial charge is 0.467 e. The number of hydrazine groups is 1. The summed E-state index contributed by atoms with van der Waals surface area (Å²) in [6, 6.07) is 11.9. The van der Waals surface area contributed by atoms with E-state index in [4.69, 9.17) is 4.42 Å². The van der Waals surface area contributed by atoms with Gasteiger partial charge in [0, 0.05) is 12.8 Å². The van der Waals surface area contributed by atoms with Crippen molar-refractivity contribution in [2.45, 2.75) is 32.2 Å². The summed E-state index contributed by atoms with van der Waals surface area (Å²) >= 11 is 0. The number of nitrogens with one attached hydrogen (secondary N) is 2. The first-order valence-corrected chi connectivity index (χ1v) is 9.45. The topological polar surface area (TPSA) is 49.9 Å². The first-order chi connectivity index (χ1) is 12.7. The Hall–Kier alpha value is -2.53. The molecule has 3 heterocycles. The first-order valence-electron chi connectivity index (χ1n) is 9.45. The third-order valence-corrected chi connectivity index (χ3v) is 5.31. The fourth-order valence-electron chi connectivity index (χ4n) is 3.78. The number of hydrogen-bond donors (Lipinski definition) is 2. The fraction of sp³-hybridized carbons (Fsp3) is 0.381. The lowest BCUT2D eigenvalue weighted by Gasteiger charge is -2.24. The highest BCUT2D eigenvalue weighted by atomic mass is 16.3. The first kappa shape index (κ1) is 16.9. The molecule has 26 heavy (non-hydrogen) atoms. The molecule has 0 radical (unpaired) electrons. The number of carbonyl (C=O) groups is 1. The minimum Gasteiger partial charge on any atom is -0.467 e. The van der Waals surface area contributed by atoms with Crippen LogP contribution in [0.15, 0.2) is 53.2 Å². The molecule has 2 aliphatic rings. The summed E-state index contributed by atoms with van der Waals surface area (Å²) in [5, 5.41) is 1.73. The number of furan rings is 1. The molecule has 1 aromatic heterocycles. The molecule has 0 spiro atoms. The Balaban J connectivity index is 1.51. The number of rotatable bonds is 5. The van der Waals surface area contributed by atoms with E-state index in [9.17, 15) is 4.79 Å². The maximum Gasteiger partial charge on any atom is 0.247 e. The molecule has 1 amide bonds. The van der Waals surface area contributed by atoms with Gasteiger partial charge in [0.1, 0.15) is 11.8 Å². The summed E-state index contributed by atoms with van der Waals surface area (Å²) < 4.78 is 5.60. The molecule has 4 rings (SSSR count). The van der Waals surface area contributed by atoms with Crippen molar-refractivity contribution in [2.75, 3.05) is 19.6 Å². The maximum absolute atomic E-state index is 12.9. The highest BCUT2D eigenvalue weighted by molar-refractivity contribution is 5.80. The molecule has 0 unspecified atom stereocenters. The van der Waals surface area contributed by atoms with Crippen molar-refractivity contribution < 1.29 is 14.1 Å². The second-order valence-electron chi connectivity index (χ2n) is 7.24. The predicted molar refractivity (Wildman–Crippen MR) is 100 cm³/mol. The predicted octanol–water partition coefficient (Wildman–Crippen LogP) is 2.09. The van der Waals surface area contributed by atoms with Crippen LogP contribution in [0.5, 0.6) is 0 Å². The third kappa shape index (κ3) is 3.53. The summed E-state index contributed by atoms with van der Waals surface area (Å²) in [5.74, 6) is 0.894. The molecular formula is C21H26N3O2+. The summed E-state index contributed by atoms with van der Waals surface area (Å²) in [6.07, 6.45) is 6.84. The van der Waals surface area contributed by atoms with Gasteiger partial charge in [0.2, 0.25) is 5.91 Å². The Labute approximate surface area is 154 Å². The number of amides is 1. The van der Waals surface area contributed by atoms with E-state index in [-0.39, 0.29) is 11.9 Å². The van der Waals surface area contributed by atoms with Gasteiger partial charge in [0.25, 0.3) is 0 Å². The van der Waals surface area contributed by atoms with Gasteiger partial charge < -0.3 is 9.32 Å². The molecule has 1 saturated heterocycles. The van der Waals surface area contributed by atoms with Gasteiger partial charge in [0.05, 0.1) is 38.0 Å². The molecule has 2 N–H and O–H groups in total. The van der Waals surface area contributed by atoms with Gasteiger partial charge in [-0.25, -0.2) is 5.01 Å². The van der Waals surface area contributed by atoms with Gasteiger partial charge in [-0.1, -0.05) is 29.8 Å². The summed E-state index contributed by atoms with van der Waals surface area (Å²) in [6.45, 7) is 5.36. The van der Waals surface area contributed by atoms with Crippen molar-refractivity contribution in [3.05, 3.63) is 65.6 Å². The van der Waals surface area contributed by atoms with Crippen molar-refractivity contribution in [1.29, 1.82) is 0 Å².